The van der Waals surface area contributed by atoms with Crippen molar-refractivity contribution in [3.63, 3.8) is 0 Å². The highest BCUT2D eigenvalue weighted by Crippen LogP contribution is 2.24. The standard InChI is InChI=1S/C18H20N4O2/c1-3-17-19-9-13-6-7-22(11-15(13)20-17)10-14-12(2)24-18(21-14)16-5-4-8-23-16/h4-5,8-9H,3,6-7,10-11H2,1-2H3. The second-order valence-corrected chi connectivity index (χ2v) is 6.07. The van der Waals surface area contributed by atoms with E-state index in [1.54, 1.807) is 6.26 Å². The summed E-state index contributed by atoms with van der Waals surface area (Å²) in [5, 5.41) is 0. The molecular weight excluding hydrogens is 304 g/mol. The van der Waals surface area contributed by atoms with Crippen LogP contribution in [0.15, 0.2) is 33.4 Å². The molecule has 0 unspecified atom stereocenters. The topological polar surface area (TPSA) is 68.2 Å². The van der Waals surface area contributed by atoms with E-state index >= 15 is 0 Å². The molecule has 124 valence electrons. The van der Waals surface area contributed by atoms with Crippen molar-refractivity contribution in [2.75, 3.05) is 6.54 Å². The summed E-state index contributed by atoms with van der Waals surface area (Å²) in [7, 11) is 0. The van der Waals surface area contributed by atoms with Gasteiger partial charge in [-0.1, -0.05) is 6.92 Å². The van der Waals surface area contributed by atoms with Crippen molar-refractivity contribution in [2.45, 2.75) is 39.8 Å². The van der Waals surface area contributed by atoms with Crippen molar-refractivity contribution in [3.8, 4) is 11.7 Å². The first-order chi connectivity index (χ1) is 11.7. The summed E-state index contributed by atoms with van der Waals surface area (Å²) in [5.41, 5.74) is 3.35. The maximum absolute atomic E-state index is 5.75. The van der Waals surface area contributed by atoms with E-state index in [4.69, 9.17) is 8.83 Å². The number of aryl methyl sites for hydroxylation is 2. The van der Waals surface area contributed by atoms with Crippen LogP contribution in [0.4, 0.5) is 0 Å². The van der Waals surface area contributed by atoms with E-state index in [-0.39, 0.29) is 0 Å². The number of hydrogen-bond acceptors (Lipinski definition) is 6. The van der Waals surface area contributed by atoms with Crippen molar-refractivity contribution < 1.29 is 8.83 Å². The molecule has 0 aromatic carbocycles. The first kappa shape index (κ1) is 15.1. The lowest BCUT2D eigenvalue weighted by Gasteiger charge is -2.27. The van der Waals surface area contributed by atoms with Gasteiger partial charge < -0.3 is 8.83 Å². The predicted molar refractivity (Wildman–Crippen MR) is 88.2 cm³/mol. The molecule has 0 aliphatic carbocycles. The van der Waals surface area contributed by atoms with Crippen LogP contribution in [0.1, 0.15) is 35.5 Å². The fourth-order valence-electron chi connectivity index (χ4n) is 3.00. The molecule has 0 fully saturated rings. The summed E-state index contributed by atoms with van der Waals surface area (Å²) in [5.74, 6) is 2.95. The molecule has 0 bridgehead atoms. The van der Waals surface area contributed by atoms with Gasteiger partial charge in [-0.2, -0.15) is 0 Å². The molecule has 6 heteroatoms. The normalized spacial score (nSPS) is 14.8. The summed E-state index contributed by atoms with van der Waals surface area (Å²) in [4.78, 5) is 16.0. The fraction of sp³-hybridized carbons (Fsp3) is 0.389. The van der Waals surface area contributed by atoms with E-state index in [1.807, 2.05) is 25.3 Å². The minimum Gasteiger partial charge on any atom is -0.459 e. The molecule has 4 rings (SSSR count). The van der Waals surface area contributed by atoms with Crippen LogP contribution in [-0.4, -0.2) is 26.4 Å². The van der Waals surface area contributed by atoms with Gasteiger partial charge in [-0.05, 0) is 31.0 Å². The highest BCUT2D eigenvalue weighted by atomic mass is 16.4. The van der Waals surface area contributed by atoms with Gasteiger partial charge in [-0.15, -0.1) is 0 Å². The molecular formula is C18H20N4O2. The van der Waals surface area contributed by atoms with Crippen LogP contribution in [-0.2, 0) is 25.9 Å². The van der Waals surface area contributed by atoms with Crippen molar-refractivity contribution in [3.05, 3.63) is 53.1 Å². The van der Waals surface area contributed by atoms with E-state index in [0.717, 1.165) is 55.4 Å². The number of fused-ring (bicyclic) bond motifs is 1. The van der Waals surface area contributed by atoms with Gasteiger partial charge in [0.2, 0.25) is 0 Å². The van der Waals surface area contributed by atoms with Gasteiger partial charge in [0.1, 0.15) is 11.6 Å². The lowest BCUT2D eigenvalue weighted by Crippen LogP contribution is -2.31. The van der Waals surface area contributed by atoms with E-state index < -0.39 is 0 Å². The zero-order chi connectivity index (χ0) is 16.5. The lowest BCUT2D eigenvalue weighted by molar-refractivity contribution is 0.237. The Balaban J connectivity index is 1.52. The molecule has 0 saturated heterocycles. The highest BCUT2D eigenvalue weighted by molar-refractivity contribution is 5.44. The number of hydrogen-bond donors (Lipinski definition) is 0. The zero-order valence-electron chi connectivity index (χ0n) is 14.0. The third-order valence-corrected chi connectivity index (χ3v) is 4.39. The van der Waals surface area contributed by atoms with Gasteiger partial charge >= 0.3 is 0 Å². The van der Waals surface area contributed by atoms with Gasteiger partial charge in [-0.25, -0.2) is 15.0 Å². The quantitative estimate of drug-likeness (QED) is 0.734. The molecule has 0 spiro atoms. The van der Waals surface area contributed by atoms with Crippen LogP contribution in [0.25, 0.3) is 11.7 Å². The largest absolute Gasteiger partial charge is 0.459 e. The predicted octanol–water partition coefficient (Wildman–Crippen LogP) is 3.15. The molecule has 4 heterocycles. The first-order valence-corrected chi connectivity index (χ1v) is 8.29. The monoisotopic (exact) mass is 324 g/mol. The molecule has 0 atom stereocenters. The van der Waals surface area contributed by atoms with Gasteiger partial charge in [-0.3, -0.25) is 4.90 Å². The summed E-state index contributed by atoms with van der Waals surface area (Å²) >= 11 is 0. The lowest BCUT2D eigenvalue weighted by atomic mass is 10.1. The molecule has 1 aliphatic rings. The number of rotatable bonds is 4. The van der Waals surface area contributed by atoms with Crippen LogP contribution in [0.5, 0.6) is 0 Å². The van der Waals surface area contributed by atoms with E-state index in [1.165, 1.54) is 5.56 Å². The summed E-state index contributed by atoms with van der Waals surface area (Å²) in [6.07, 6.45) is 5.44. The Kier molecular flexibility index (Phi) is 3.90. The maximum Gasteiger partial charge on any atom is 0.263 e. The first-order valence-electron chi connectivity index (χ1n) is 8.29. The zero-order valence-corrected chi connectivity index (χ0v) is 14.0. The Morgan fingerprint density at radius 3 is 3.00 bits per heavy atom. The minimum atomic E-state index is 0.542. The van der Waals surface area contributed by atoms with Crippen LogP contribution < -0.4 is 0 Å². The Labute approximate surface area is 140 Å². The molecule has 24 heavy (non-hydrogen) atoms. The van der Waals surface area contributed by atoms with Gasteiger partial charge in [0, 0.05) is 32.3 Å². The molecule has 1 aliphatic heterocycles. The smallest absolute Gasteiger partial charge is 0.263 e. The van der Waals surface area contributed by atoms with Gasteiger partial charge in [0.25, 0.3) is 5.89 Å². The molecule has 3 aromatic heterocycles. The Morgan fingerprint density at radius 1 is 1.29 bits per heavy atom. The molecule has 0 amide bonds. The van der Waals surface area contributed by atoms with Crippen molar-refractivity contribution in [1.82, 2.24) is 19.9 Å². The summed E-state index contributed by atoms with van der Waals surface area (Å²) < 4.78 is 11.1. The van der Waals surface area contributed by atoms with E-state index in [2.05, 4.69) is 26.8 Å². The fourth-order valence-corrected chi connectivity index (χ4v) is 3.00. The molecule has 0 saturated carbocycles. The number of oxazole rings is 1. The average molecular weight is 324 g/mol. The third-order valence-electron chi connectivity index (χ3n) is 4.39. The average Bonchev–Trinajstić information content (AvgIpc) is 3.24. The molecule has 0 radical (unpaired) electrons. The Morgan fingerprint density at radius 2 is 2.21 bits per heavy atom. The Hall–Kier alpha value is -2.47. The third kappa shape index (κ3) is 2.85. The molecule has 0 N–H and O–H groups in total. The summed E-state index contributed by atoms with van der Waals surface area (Å²) in [6.45, 7) is 6.58. The highest BCUT2D eigenvalue weighted by Gasteiger charge is 2.21. The Bertz CT molecular complexity index is 839. The second-order valence-electron chi connectivity index (χ2n) is 6.07. The minimum absolute atomic E-state index is 0.542. The molecule has 6 nitrogen and oxygen atoms in total. The van der Waals surface area contributed by atoms with Crippen LogP contribution in [0, 0.1) is 6.92 Å². The molecule has 3 aromatic rings. The van der Waals surface area contributed by atoms with Gasteiger partial charge in [0.15, 0.2) is 5.76 Å². The SMILES string of the molecule is CCc1ncc2c(n1)CN(Cc1nc(-c3ccco3)oc1C)CC2. The van der Waals surface area contributed by atoms with Crippen molar-refractivity contribution in [1.29, 1.82) is 0 Å². The van der Waals surface area contributed by atoms with Crippen molar-refractivity contribution >= 4 is 0 Å². The maximum atomic E-state index is 5.75. The van der Waals surface area contributed by atoms with E-state index in [0.29, 0.717) is 11.7 Å². The van der Waals surface area contributed by atoms with Crippen LogP contribution in [0.2, 0.25) is 0 Å². The van der Waals surface area contributed by atoms with E-state index in [9.17, 15) is 0 Å². The summed E-state index contributed by atoms with van der Waals surface area (Å²) in [6, 6.07) is 3.69. The number of nitrogens with zero attached hydrogens (tertiary/aromatic N) is 4. The van der Waals surface area contributed by atoms with Crippen LogP contribution >= 0.6 is 0 Å². The number of furan rings is 1. The number of aromatic nitrogens is 3. The van der Waals surface area contributed by atoms with Gasteiger partial charge in [0.05, 0.1) is 17.7 Å². The van der Waals surface area contributed by atoms with Crippen LogP contribution in [0.3, 0.4) is 0 Å². The van der Waals surface area contributed by atoms with Crippen molar-refractivity contribution in [2.24, 2.45) is 0 Å². The second kappa shape index (κ2) is 6.20.